The summed E-state index contributed by atoms with van der Waals surface area (Å²) < 4.78 is 62.6. The SMILES string of the molecule is [2H]c1c([2H])c([2H])c(Cc2c3cccc2COCCOCCOCCOC3)c([2H])c1[2H]. The Morgan fingerprint density at radius 3 is 1.80 bits per heavy atom. The van der Waals surface area contributed by atoms with Gasteiger partial charge in [-0.05, 0) is 28.7 Å². The van der Waals surface area contributed by atoms with E-state index in [0.717, 1.165) is 16.7 Å². The maximum Gasteiger partial charge on any atom is 0.0720 e. The monoisotopic (exact) mass is 347 g/mol. The predicted molar refractivity (Wildman–Crippen MR) is 96.6 cm³/mol. The third kappa shape index (κ3) is 5.94. The van der Waals surface area contributed by atoms with Gasteiger partial charge in [-0.25, -0.2) is 0 Å². The van der Waals surface area contributed by atoms with E-state index < -0.39 is 0 Å². The second kappa shape index (κ2) is 10.3. The largest absolute Gasteiger partial charge is 0.377 e. The molecule has 0 aromatic heterocycles. The fourth-order valence-electron chi connectivity index (χ4n) is 2.65. The lowest BCUT2D eigenvalue weighted by Gasteiger charge is -2.16. The van der Waals surface area contributed by atoms with Crippen molar-refractivity contribution >= 4 is 0 Å². The molecule has 4 nitrogen and oxygen atoms in total. The molecular weight excluding hydrogens is 316 g/mol. The fraction of sp³-hybridized carbons (Fsp3) is 0.429. The summed E-state index contributed by atoms with van der Waals surface area (Å²) in [7, 11) is 0. The van der Waals surface area contributed by atoms with E-state index in [9.17, 15) is 0 Å². The van der Waals surface area contributed by atoms with Gasteiger partial charge in [-0.2, -0.15) is 0 Å². The zero-order valence-electron chi connectivity index (χ0n) is 19.2. The summed E-state index contributed by atoms with van der Waals surface area (Å²) in [4.78, 5) is 0. The Kier molecular flexibility index (Phi) is 5.20. The maximum absolute atomic E-state index is 8.25. The lowest BCUT2D eigenvalue weighted by atomic mass is 9.95. The average molecular weight is 347 g/mol. The zero-order chi connectivity index (χ0) is 21.5. The molecule has 0 fully saturated rings. The minimum atomic E-state index is -0.389. The normalized spacial score (nSPS) is 20.2. The summed E-state index contributed by atoms with van der Waals surface area (Å²) in [5.74, 6) is 0. The Morgan fingerprint density at radius 1 is 0.720 bits per heavy atom. The average Bonchev–Trinajstić information content (AvgIpc) is 2.75. The van der Waals surface area contributed by atoms with Crippen molar-refractivity contribution in [2.75, 3.05) is 39.6 Å². The number of rotatable bonds is 2. The number of benzene rings is 2. The second-order valence-corrected chi connectivity index (χ2v) is 5.67. The second-order valence-electron chi connectivity index (χ2n) is 5.67. The van der Waals surface area contributed by atoms with Crippen molar-refractivity contribution in [2.24, 2.45) is 0 Å². The van der Waals surface area contributed by atoms with Crippen LogP contribution >= 0.6 is 0 Å². The van der Waals surface area contributed by atoms with Gasteiger partial charge in [0.1, 0.15) is 0 Å². The molecule has 2 aromatic rings. The van der Waals surface area contributed by atoms with Gasteiger partial charge in [0, 0.05) is 0 Å². The molecule has 134 valence electrons. The molecule has 3 rings (SSSR count). The van der Waals surface area contributed by atoms with E-state index in [1.165, 1.54) is 0 Å². The molecule has 25 heavy (non-hydrogen) atoms. The molecule has 0 spiro atoms. The first kappa shape index (κ1) is 12.6. The standard InChI is InChI=1S/C21H26O4/c1-2-5-18(6-3-1)15-21-19-7-4-8-20(21)17-25-14-12-23-10-9-22-11-13-24-16-19/h1-8H,9-17H2/i1D,2D,3D,5D,6D. The van der Waals surface area contributed by atoms with Gasteiger partial charge in [-0.3, -0.25) is 0 Å². The van der Waals surface area contributed by atoms with Crippen LogP contribution in [-0.2, 0) is 38.6 Å². The number of hydrogen-bond acceptors (Lipinski definition) is 4. The van der Waals surface area contributed by atoms with Crippen molar-refractivity contribution in [2.45, 2.75) is 19.6 Å². The maximum atomic E-state index is 8.25. The summed E-state index contributed by atoms with van der Waals surface area (Å²) >= 11 is 0. The number of ether oxygens (including phenoxy) is 4. The Labute approximate surface area is 156 Å². The quantitative estimate of drug-likeness (QED) is 0.835. The van der Waals surface area contributed by atoms with Crippen LogP contribution in [0.1, 0.15) is 29.1 Å². The summed E-state index contributed by atoms with van der Waals surface area (Å²) in [6.07, 6.45) is 0.195. The van der Waals surface area contributed by atoms with Crippen LogP contribution in [0.2, 0.25) is 0 Å². The summed E-state index contributed by atoms with van der Waals surface area (Å²) in [5.41, 5.74) is 2.91. The van der Waals surface area contributed by atoms with Crippen LogP contribution in [0, 0.1) is 0 Å². The van der Waals surface area contributed by atoms with Gasteiger partial charge in [-0.15, -0.1) is 0 Å². The summed E-state index contributed by atoms with van der Waals surface area (Å²) in [6, 6.07) is 4.35. The van der Waals surface area contributed by atoms with E-state index in [2.05, 4.69) is 0 Å². The minimum absolute atomic E-state index is 0.184. The van der Waals surface area contributed by atoms with E-state index in [1.54, 1.807) is 0 Å². The smallest absolute Gasteiger partial charge is 0.0720 e. The van der Waals surface area contributed by atoms with Gasteiger partial charge >= 0.3 is 0 Å². The van der Waals surface area contributed by atoms with Crippen molar-refractivity contribution in [3.05, 3.63) is 70.7 Å². The highest BCUT2D eigenvalue weighted by Gasteiger charge is 2.10. The van der Waals surface area contributed by atoms with Gasteiger partial charge in [0.25, 0.3) is 0 Å². The molecule has 0 aliphatic carbocycles. The van der Waals surface area contributed by atoms with Crippen LogP contribution in [0.3, 0.4) is 0 Å². The van der Waals surface area contributed by atoms with Gasteiger partial charge in [0.05, 0.1) is 59.7 Å². The third-order valence-electron chi connectivity index (χ3n) is 3.91. The molecule has 1 aliphatic heterocycles. The first-order valence-electron chi connectivity index (χ1n) is 11.0. The van der Waals surface area contributed by atoms with E-state index in [0.29, 0.717) is 52.9 Å². The number of fused-ring (bicyclic) bond motifs is 2. The molecule has 2 bridgehead atoms. The number of hydrogen-bond donors (Lipinski definition) is 0. The van der Waals surface area contributed by atoms with E-state index in [-0.39, 0.29) is 42.2 Å². The van der Waals surface area contributed by atoms with Crippen molar-refractivity contribution in [1.29, 1.82) is 0 Å². The Balaban J connectivity index is 1.94. The third-order valence-corrected chi connectivity index (χ3v) is 3.91. The molecule has 0 amide bonds. The zero-order valence-corrected chi connectivity index (χ0v) is 14.2. The lowest BCUT2D eigenvalue weighted by Crippen LogP contribution is -2.11. The van der Waals surface area contributed by atoms with Crippen LogP contribution in [-0.4, -0.2) is 39.6 Å². The fourth-order valence-corrected chi connectivity index (χ4v) is 2.65. The van der Waals surface area contributed by atoms with Crippen molar-refractivity contribution in [1.82, 2.24) is 0 Å². The predicted octanol–water partition coefficient (Wildman–Crippen LogP) is 3.36. The van der Waals surface area contributed by atoms with Crippen molar-refractivity contribution < 1.29 is 25.8 Å². The Morgan fingerprint density at radius 2 is 1.24 bits per heavy atom. The van der Waals surface area contributed by atoms with E-state index in [4.69, 9.17) is 25.8 Å². The molecule has 4 heteroatoms. The molecule has 0 N–H and O–H groups in total. The summed E-state index contributed by atoms with van der Waals surface area (Å²) in [5, 5.41) is 0. The lowest BCUT2D eigenvalue weighted by molar-refractivity contribution is -0.00523. The molecule has 0 saturated carbocycles. The van der Waals surface area contributed by atoms with Crippen LogP contribution < -0.4 is 0 Å². The minimum Gasteiger partial charge on any atom is -0.377 e. The molecule has 1 heterocycles. The topological polar surface area (TPSA) is 36.9 Å². The molecular formula is C21H26O4. The highest BCUT2D eigenvalue weighted by atomic mass is 16.6. The first-order chi connectivity index (χ1) is 14.5. The van der Waals surface area contributed by atoms with E-state index in [1.807, 2.05) is 18.2 Å². The molecule has 1 aliphatic rings. The molecule has 0 atom stereocenters. The van der Waals surface area contributed by atoms with Crippen LogP contribution in [0.5, 0.6) is 0 Å². The highest BCUT2D eigenvalue weighted by Crippen LogP contribution is 2.21. The molecule has 0 saturated heterocycles. The van der Waals surface area contributed by atoms with Gasteiger partial charge in [0.2, 0.25) is 0 Å². The Bertz CT molecular complexity index is 814. The van der Waals surface area contributed by atoms with Crippen LogP contribution in [0.4, 0.5) is 0 Å². The van der Waals surface area contributed by atoms with Gasteiger partial charge < -0.3 is 18.9 Å². The van der Waals surface area contributed by atoms with Crippen LogP contribution in [0.25, 0.3) is 0 Å². The Hall–Kier alpha value is -1.72. The van der Waals surface area contributed by atoms with Crippen LogP contribution in [0.15, 0.2) is 48.4 Å². The summed E-state index contributed by atoms with van der Waals surface area (Å²) in [6.45, 7) is 3.43. The molecule has 0 unspecified atom stereocenters. The highest BCUT2D eigenvalue weighted by molar-refractivity contribution is 5.38. The van der Waals surface area contributed by atoms with Gasteiger partial charge in [-0.1, -0.05) is 48.4 Å². The van der Waals surface area contributed by atoms with Gasteiger partial charge in [0.15, 0.2) is 0 Å². The first-order valence-corrected chi connectivity index (χ1v) is 8.47. The molecule has 2 aromatic carbocycles. The molecule has 0 radical (unpaired) electrons. The van der Waals surface area contributed by atoms with Crippen molar-refractivity contribution in [3.63, 3.8) is 0 Å². The van der Waals surface area contributed by atoms with Crippen molar-refractivity contribution in [3.8, 4) is 0 Å². The van der Waals surface area contributed by atoms with E-state index >= 15 is 0 Å².